The maximum atomic E-state index is 13.5. The monoisotopic (exact) mass is 483 g/mol. The molecule has 0 amide bonds. The van der Waals surface area contributed by atoms with Crippen molar-refractivity contribution in [3.63, 3.8) is 0 Å². The fourth-order valence-electron chi connectivity index (χ4n) is 4.72. The topological polar surface area (TPSA) is 69.0 Å². The van der Waals surface area contributed by atoms with Gasteiger partial charge in [0.25, 0.3) is 0 Å². The largest absolute Gasteiger partial charge is 0.488 e. The van der Waals surface area contributed by atoms with Gasteiger partial charge >= 0.3 is 0 Å². The van der Waals surface area contributed by atoms with E-state index in [0.717, 1.165) is 57.7 Å². The van der Waals surface area contributed by atoms with Crippen molar-refractivity contribution in [3.8, 4) is 17.6 Å². The summed E-state index contributed by atoms with van der Waals surface area (Å²) >= 11 is 0. The minimum Gasteiger partial charge on any atom is -0.488 e. The predicted octanol–water partition coefficient (Wildman–Crippen LogP) is 4.09. The highest BCUT2D eigenvalue weighted by molar-refractivity contribution is 5.40. The van der Waals surface area contributed by atoms with Crippen molar-refractivity contribution >= 4 is 0 Å². The molecule has 35 heavy (non-hydrogen) atoms. The molecule has 0 aromatic heterocycles. The van der Waals surface area contributed by atoms with Gasteiger partial charge in [-0.1, -0.05) is 44.2 Å². The first-order chi connectivity index (χ1) is 17.0. The third-order valence-corrected chi connectivity index (χ3v) is 6.90. The van der Waals surface area contributed by atoms with E-state index in [0.29, 0.717) is 18.1 Å². The van der Waals surface area contributed by atoms with E-state index in [1.165, 1.54) is 12.1 Å². The minimum atomic E-state index is -0.444. The molecule has 2 aromatic rings. The van der Waals surface area contributed by atoms with Crippen molar-refractivity contribution in [2.24, 2.45) is 5.92 Å². The van der Waals surface area contributed by atoms with Gasteiger partial charge in [0.05, 0.1) is 18.1 Å². The van der Waals surface area contributed by atoms with Crippen LogP contribution in [0.1, 0.15) is 32.3 Å². The normalized spacial score (nSPS) is 16.6. The molecule has 2 aromatic carbocycles. The third kappa shape index (κ3) is 7.41. The average Bonchev–Trinajstić information content (AvgIpc) is 2.88. The second-order valence-corrected chi connectivity index (χ2v) is 9.40. The van der Waals surface area contributed by atoms with E-state index < -0.39 is 11.2 Å². The Hall–Kier alpha value is -2.66. The van der Waals surface area contributed by atoms with Crippen molar-refractivity contribution in [2.75, 3.05) is 59.1 Å². The van der Waals surface area contributed by atoms with Gasteiger partial charge in [-0.3, -0.25) is 4.90 Å². The number of piperazine rings is 1. The molecule has 0 bridgehead atoms. The van der Waals surface area contributed by atoms with Crippen LogP contribution in [0.2, 0.25) is 0 Å². The van der Waals surface area contributed by atoms with Crippen LogP contribution in [-0.2, 0) is 5.41 Å². The van der Waals surface area contributed by atoms with Crippen molar-refractivity contribution in [1.82, 2.24) is 9.80 Å². The summed E-state index contributed by atoms with van der Waals surface area (Å²) in [6.45, 7) is 10.4. The Labute approximate surface area is 208 Å². The van der Waals surface area contributed by atoms with Crippen molar-refractivity contribution in [2.45, 2.75) is 32.1 Å². The second kappa shape index (κ2) is 13.4. The van der Waals surface area contributed by atoms with E-state index >= 15 is 0 Å². The first-order valence-corrected chi connectivity index (χ1v) is 12.6. The zero-order chi connectivity index (χ0) is 25.1. The summed E-state index contributed by atoms with van der Waals surface area (Å²) in [5.41, 5.74) is 0.675. The molecule has 1 aliphatic rings. The second-order valence-electron chi connectivity index (χ2n) is 9.40. The van der Waals surface area contributed by atoms with Crippen LogP contribution in [0.3, 0.4) is 0 Å². The quantitative estimate of drug-likeness (QED) is 0.463. The van der Waals surface area contributed by atoms with Crippen LogP contribution in [0.25, 0.3) is 0 Å². The van der Waals surface area contributed by atoms with Crippen LogP contribution in [0, 0.1) is 23.1 Å². The van der Waals surface area contributed by atoms with Gasteiger partial charge in [-0.2, -0.15) is 5.26 Å². The number of ether oxygens (including phenoxy) is 2. The molecule has 0 radical (unpaired) electrons. The molecule has 1 saturated heterocycles. The molecule has 0 saturated carbocycles. The lowest BCUT2D eigenvalue weighted by atomic mass is 9.70. The molecule has 1 fully saturated rings. The number of aliphatic hydroxyl groups is 1. The summed E-state index contributed by atoms with van der Waals surface area (Å²) in [6.07, 6.45) is 1.85. The van der Waals surface area contributed by atoms with Crippen LogP contribution < -0.4 is 9.47 Å². The molecule has 3 rings (SSSR count). The Kier molecular flexibility index (Phi) is 10.3. The molecular formula is C28H38FN3O3. The number of halogens is 1. The van der Waals surface area contributed by atoms with Gasteiger partial charge in [0.1, 0.15) is 19.0 Å². The molecule has 0 aliphatic carbocycles. The number of benzene rings is 2. The fraction of sp³-hybridized carbons (Fsp3) is 0.536. The van der Waals surface area contributed by atoms with Crippen LogP contribution in [0.5, 0.6) is 11.5 Å². The molecule has 0 spiro atoms. The molecular weight excluding hydrogens is 445 g/mol. The van der Waals surface area contributed by atoms with Gasteiger partial charge in [-0.25, -0.2) is 4.39 Å². The summed E-state index contributed by atoms with van der Waals surface area (Å²) < 4.78 is 24.7. The molecule has 7 heteroatoms. The summed E-state index contributed by atoms with van der Waals surface area (Å²) in [5.74, 6) is 0.658. The average molecular weight is 484 g/mol. The van der Waals surface area contributed by atoms with Crippen LogP contribution in [0.4, 0.5) is 4.39 Å². The smallest absolute Gasteiger partial charge is 0.164 e. The summed E-state index contributed by atoms with van der Waals surface area (Å²) in [6, 6.07) is 17.0. The van der Waals surface area contributed by atoms with E-state index in [4.69, 9.17) is 14.6 Å². The maximum Gasteiger partial charge on any atom is 0.164 e. The van der Waals surface area contributed by atoms with Gasteiger partial charge in [-0.15, -0.1) is 0 Å². The van der Waals surface area contributed by atoms with Crippen LogP contribution >= 0.6 is 0 Å². The minimum absolute atomic E-state index is 0.0970. The Bertz CT molecular complexity index is 942. The summed E-state index contributed by atoms with van der Waals surface area (Å²) in [4.78, 5) is 4.84. The highest BCUT2D eigenvalue weighted by atomic mass is 19.1. The summed E-state index contributed by atoms with van der Waals surface area (Å²) in [5, 5.41) is 19.0. The number of nitrogens with zero attached hydrogens (tertiary/aromatic N) is 3. The predicted molar refractivity (Wildman–Crippen MR) is 135 cm³/mol. The van der Waals surface area contributed by atoms with Gasteiger partial charge < -0.3 is 19.5 Å². The van der Waals surface area contributed by atoms with Gasteiger partial charge in [0.15, 0.2) is 11.5 Å². The van der Waals surface area contributed by atoms with E-state index in [-0.39, 0.29) is 19.1 Å². The van der Waals surface area contributed by atoms with Gasteiger partial charge in [0, 0.05) is 38.8 Å². The van der Waals surface area contributed by atoms with Crippen LogP contribution in [0.15, 0.2) is 48.5 Å². The number of nitriles is 1. The van der Waals surface area contributed by atoms with E-state index in [2.05, 4.69) is 41.8 Å². The molecule has 190 valence electrons. The Morgan fingerprint density at radius 2 is 1.63 bits per heavy atom. The lowest BCUT2D eigenvalue weighted by molar-refractivity contribution is 0.112. The highest BCUT2D eigenvalue weighted by Gasteiger charge is 2.35. The molecule has 1 N–H and O–H groups in total. The first-order valence-electron chi connectivity index (χ1n) is 12.6. The lowest BCUT2D eigenvalue weighted by Gasteiger charge is -2.36. The third-order valence-electron chi connectivity index (χ3n) is 6.90. The number of rotatable bonds is 13. The first kappa shape index (κ1) is 26.9. The number of hydrogen-bond donors (Lipinski definition) is 1. The number of hydrogen-bond acceptors (Lipinski definition) is 6. The Morgan fingerprint density at radius 1 is 0.971 bits per heavy atom. The van der Waals surface area contributed by atoms with Gasteiger partial charge in [0.2, 0.25) is 0 Å². The van der Waals surface area contributed by atoms with Crippen molar-refractivity contribution < 1.29 is 19.0 Å². The van der Waals surface area contributed by atoms with Crippen molar-refractivity contribution in [1.29, 1.82) is 5.26 Å². The molecule has 1 atom stereocenters. The van der Waals surface area contributed by atoms with Gasteiger partial charge in [-0.05, 0) is 43.0 Å². The Morgan fingerprint density at radius 3 is 2.26 bits per heavy atom. The van der Waals surface area contributed by atoms with E-state index in [1.54, 1.807) is 6.07 Å². The molecule has 1 heterocycles. The SMILES string of the molecule is CC(C)C(C#N)(CCCN1CCN(CCOc2ccc(F)cc2OCCO)CC1)c1ccccc1. The van der Waals surface area contributed by atoms with Crippen molar-refractivity contribution in [3.05, 3.63) is 59.9 Å². The molecule has 6 nitrogen and oxygen atoms in total. The maximum absolute atomic E-state index is 13.5. The number of aliphatic hydroxyl groups excluding tert-OH is 1. The van der Waals surface area contributed by atoms with E-state index in [1.807, 2.05) is 18.2 Å². The van der Waals surface area contributed by atoms with E-state index in [9.17, 15) is 9.65 Å². The summed E-state index contributed by atoms with van der Waals surface area (Å²) in [7, 11) is 0. The lowest BCUT2D eigenvalue weighted by Crippen LogP contribution is -2.47. The van der Waals surface area contributed by atoms with Crippen LogP contribution in [-0.4, -0.2) is 74.0 Å². The molecule has 1 aliphatic heterocycles. The zero-order valence-electron chi connectivity index (χ0n) is 21.0. The Balaban J connectivity index is 1.41. The zero-order valence-corrected chi connectivity index (χ0v) is 21.0. The molecule has 1 unspecified atom stereocenters. The standard InChI is InChI=1S/C28H38FN3O3/c1-23(2)28(22-30,24-7-4-3-5-8-24)11-6-12-31-13-15-32(16-14-31)17-19-34-26-10-9-25(29)21-27(26)35-20-18-33/h3-5,7-10,21,23,33H,6,11-20H2,1-2H3. The fourth-order valence-corrected chi connectivity index (χ4v) is 4.72. The highest BCUT2D eigenvalue weighted by Crippen LogP contribution is 2.36.